The largest absolute Gasteiger partial charge is 0.435 e. The molecule has 35 heavy (non-hydrogen) atoms. The van der Waals surface area contributed by atoms with E-state index in [1.54, 1.807) is 35.4 Å². The molecule has 3 heterocycles. The quantitative estimate of drug-likeness (QED) is 0.325. The third-order valence-corrected chi connectivity index (χ3v) is 5.73. The van der Waals surface area contributed by atoms with Crippen molar-refractivity contribution < 1.29 is 18.3 Å². The summed E-state index contributed by atoms with van der Waals surface area (Å²) in [6.45, 7) is 1.60. The van der Waals surface area contributed by atoms with E-state index >= 15 is 0 Å². The predicted molar refractivity (Wildman–Crippen MR) is 132 cm³/mol. The van der Waals surface area contributed by atoms with Crippen LogP contribution in [0.15, 0.2) is 47.7 Å². The van der Waals surface area contributed by atoms with Crippen LogP contribution in [-0.4, -0.2) is 39.9 Å². The normalized spacial score (nSPS) is 14.1. The Hall–Kier alpha value is -3.43. The van der Waals surface area contributed by atoms with Crippen LogP contribution in [0.5, 0.6) is 5.75 Å². The average Bonchev–Trinajstić information content (AvgIpc) is 3.29. The van der Waals surface area contributed by atoms with Crippen molar-refractivity contribution >= 4 is 29.3 Å². The second-order valence-electron chi connectivity index (χ2n) is 7.93. The van der Waals surface area contributed by atoms with Gasteiger partial charge in [0.1, 0.15) is 11.4 Å². The van der Waals surface area contributed by atoms with Crippen LogP contribution in [0.2, 0.25) is 0 Å². The number of Topliss-reactive ketones (excluding diaryl/α,β-unsaturated/α-hetero) is 1. The summed E-state index contributed by atoms with van der Waals surface area (Å²) in [5, 5.41) is 7.86. The lowest BCUT2D eigenvalue weighted by molar-refractivity contribution is -0.0498. The number of pyridine rings is 1. The predicted octanol–water partition coefficient (Wildman–Crippen LogP) is 5.54. The number of allylic oxidation sites excluding steroid dienone is 1. The van der Waals surface area contributed by atoms with Crippen LogP contribution in [0.25, 0.3) is 28.3 Å². The smallest absolute Gasteiger partial charge is 0.387 e. The molecule has 182 valence electrons. The summed E-state index contributed by atoms with van der Waals surface area (Å²) in [4.78, 5) is 21.2. The number of halogens is 3. The molecule has 0 saturated carbocycles. The first-order valence-corrected chi connectivity index (χ1v) is 11.6. The summed E-state index contributed by atoms with van der Waals surface area (Å²) in [7, 11) is 0. The van der Waals surface area contributed by atoms with Crippen molar-refractivity contribution in [3.05, 3.63) is 59.4 Å². The number of benzene rings is 1. The summed E-state index contributed by atoms with van der Waals surface area (Å²) in [6.07, 6.45) is 5.80. The van der Waals surface area contributed by atoms with E-state index in [2.05, 4.69) is 20.0 Å². The Kier molecular flexibility index (Phi) is 7.67. The molecule has 3 aromatic rings. The van der Waals surface area contributed by atoms with Crippen molar-refractivity contribution in [2.24, 2.45) is 4.99 Å². The number of aromatic nitrogens is 3. The zero-order chi connectivity index (χ0) is 24.9. The first-order valence-electron chi connectivity index (χ1n) is 11.1. The molecule has 1 aliphatic rings. The van der Waals surface area contributed by atoms with Crippen LogP contribution in [0.1, 0.15) is 41.8 Å². The van der Waals surface area contributed by atoms with Gasteiger partial charge < -0.3 is 10.1 Å². The number of fused-ring (bicyclic) bond motifs is 1. The van der Waals surface area contributed by atoms with Crippen molar-refractivity contribution in [3.63, 3.8) is 0 Å². The van der Waals surface area contributed by atoms with Gasteiger partial charge in [-0.05, 0) is 49.2 Å². The number of carbonyl (C=O) groups excluding carboxylic acids is 1. The van der Waals surface area contributed by atoms with E-state index < -0.39 is 6.61 Å². The van der Waals surface area contributed by atoms with Gasteiger partial charge in [0.15, 0.2) is 5.78 Å². The molecule has 1 aliphatic heterocycles. The SMILES string of the molecule is CCC=N/C=C(\C)n1nc(-c2nccc3c2CNCC3=O)cc1-c1cc(CCl)cc(OC(F)F)c1. The zero-order valence-corrected chi connectivity index (χ0v) is 20.0. The highest BCUT2D eigenvalue weighted by atomic mass is 35.5. The van der Waals surface area contributed by atoms with Gasteiger partial charge >= 0.3 is 6.61 Å². The van der Waals surface area contributed by atoms with Gasteiger partial charge in [-0.25, -0.2) is 4.68 Å². The maximum Gasteiger partial charge on any atom is 0.387 e. The minimum atomic E-state index is -2.97. The third kappa shape index (κ3) is 5.47. The van der Waals surface area contributed by atoms with E-state index in [-0.39, 0.29) is 24.0 Å². The Morgan fingerprint density at radius 1 is 1.31 bits per heavy atom. The molecule has 0 radical (unpaired) electrons. The van der Waals surface area contributed by atoms with Crippen LogP contribution in [0.4, 0.5) is 8.78 Å². The highest BCUT2D eigenvalue weighted by molar-refractivity contribution is 6.17. The van der Waals surface area contributed by atoms with Crippen molar-refractivity contribution in [3.8, 4) is 28.4 Å². The van der Waals surface area contributed by atoms with Crippen LogP contribution in [0, 0.1) is 0 Å². The van der Waals surface area contributed by atoms with Crippen LogP contribution in [0.3, 0.4) is 0 Å². The number of rotatable bonds is 8. The lowest BCUT2D eigenvalue weighted by Gasteiger charge is -2.17. The van der Waals surface area contributed by atoms with Gasteiger partial charge in [-0.2, -0.15) is 13.9 Å². The van der Waals surface area contributed by atoms with Gasteiger partial charge in [-0.1, -0.05) is 6.92 Å². The van der Waals surface area contributed by atoms with Gasteiger partial charge in [0.25, 0.3) is 0 Å². The number of ether oxygens (including phenoxy) is 1. The van der Waals surface area contributed by atoms with E-state index in [9.17, 15) is 13.6 Å². The topological polar surface area (TPSA) is 81.4 Å². The minimum Gasteiger partial charge on any atom is -0.435 e. The Bertz CT molecular complexity index is 1300. The Morgan fingerprint density at radius 2 is 2.14 bits per heavy atom. The molecule has 0 saturated heterocycles. The van der Waals surface area contributed by atoms with Gasteiger partial charge in [0.05, 0.1) is 23.6 Å². The van der Waals surface area contributed by atoms with E-state index in [4.69, 9.17) is 16.7 Å². The molecule has 2 aromatic heterocycles. The standard InChI is InChI=1S/C25H24ClF2N5O2/c1-3-5-29-12-15(2)33-22(17-7-16(11-26)8-18(9-17)35-25(27)28)10-21(32-33)24-20-13-30-14-23(34)19(20)4-6-31-24/h4-10,12,25,30H,3,11,13-14H2,1-2H3/b15-12+,29-5?. The number of hydrogen-bond donors (Lipinski definition) is 1. The lowest BCUT2D eigenvalue weighted by Crippen LogP contribution is -2.30. The van der Waals surface area contributed by atoms with Gasteiger partial charge in [-0.15, -0.1) is 11.6 Å². The van der Waals surface area contributed by atoms with Crippen molar-refractivity contribution in [2.75, 3.05) is 6.54 Å². The van der Waals surface area contributed by atoms with E-state index in [0.717, 1.165) is 12.0 Å². The fourth-order valence-electron chi connectivity index (χ4n) is 3.90. The maximum absolute atomic E-state index is 12.9. The van der Waals surface area contributed by atoms with Gasteiger partial charge in [0, 0.05) is 47.7 Å². The lowest BCUT2D eigenvalue weighted by atomic mass is 9.97. The second kappa shape index (κ2) is 10.9. The van der Waals surface area contributed by atoms with Crippen LogP contribution < -0.4 is 10.1 Å². The molecular weight excluding hydrogens is 476 g/mol. The summed E-state index contributed by atoms with van der Waals surface area (Å²) >= 11 is 6.03. The van der Waals surface area contributed by atoms with E-state index in [1.165, 1.54) is 12.1 Å². The molecular formula is C25H24ClF2N5O2. The molecule has 7 nitrogen and oxygen atoms in total. The molecule has 0 unspecified atom stereocenters. The van der Waals surface area contributed by atoms with Gasteiger partial charge in [-0.3, -0.25) is 14.8 Å². The Balaban J connectivity index is 1.90. The van der Waals surface area contributed by atoms with Crippen LogP contribution in [-0.2, 0) is 12.4 Å². The Morgan fingerprint density at radius 3 is 2.89 bits per heavy atom. The molecule has 4 rings (SSSR count). The number of hydrogen-bond acceptors (Lipinski definition) is 6. The summed E-state index contributed by atoms with van der Waals surface area (Å²) in [6, 6.07) is 8.31. The fourth-order valence-corrected chi connectivity index (χ4v) is 4.05. The summed E-state index contributed by atoms with van der Waals surface area (Å²) in [5.41, 5.74) is 5.00. The molecule has 0 amide bonds. The van der Waals surface area contributed by atoms with Crippen molar-refractivity contribution in [1.29, 1.82) is 0 Å². The number of ketones is 1. The first kappa shape index (κ1) is 24.7. The molecule has 0 spiro atoms. The summed E-state index contributed by atoms with van der Waals surface area (Å²) < 4.78 is 32.2. The van der Waals surface area contributed by atoms with E-state index in [0.29, 0.717) is 46.0 Å². The zero-order valence-electron chi connectivity index (χ0n) is 19.3. The summed E-state index contributed by atoms with van der Waals surface area (Å²) in [5.74, 6) is 0.104. The molecule has 0 fully saturated rings. The molecule has 0 aliphatic carbocycles. The molecule has 1 aromatic carbocycles. The average molecular weight is 500 g/mol. The highest BCUT2D eigenvalue weighted by Crippen LogP contribution is 2.34. The van der Waals surface area contributed by atoms with Crippen molar-refractivity contribution in [1.82, 2.24) is 20.1 Å². The molecule has 1 N–H and O–H groups in total. The number of aliphatic imine (C=N–C) groups is 1. The number of carbonyl (C=O) groups is 1. The first-order chi connectivity index (χ1) is 16.9. The molecule has 0 bridgehead atoms. The Labute approximate surface area is 206 Å². The second-order valence-corrected chi connectivity index (χ2v) is 8.19. The van der Waals surface area contributed by atoms with Crippen molar-refractivity contribution in [2.45, 2.75) is 39.3 Å². The van der Waals surface area contributed by atoms with E-state index in [1.807, 2.05) is 19.9 Å². The van der Waals surface area contributed by atoms with Crippen LogP contribution >= 0.6 is 11.6 Å². The fraction of sp³-hybridized carbons (Fsp3) is 0.280. The number of nitrogens with one attached hydrogen (secondary N) is 1. The monoisotopic (exact) mass is 499 g/mol. The molecule has 10 heteroatoms. The highest BCUT2D eigenvalue weighted by Gasteiger charge is 2.24. The number of nitrogens with zero attached hydrogens (tertiary/aromatic N) is 4. The third-order valence-electron chi connectivity index (χ3n) is 5.42. The molecule has 0 atom stereocenters. The maximum atomic E-state index is 12.9. The number of alkyl halides is 3. The van der Waals surface area contributed by atoms with Gasteiger partial charge in [0.2, 0.25) is 0 Å². The minimum absolute atomic E-state index is 0.00176.